The van der Waals surface area contributed by atoms with Crippen LogP contribution < -0.4 is 5.32 Å². The normalized spacial score (nSPS) is 13.2. The topological polar surface area (TPSA) is 49.4 Å². The van der Waals surface area contributed by atoms with Crippen molar-refractivity contribution in [3.63, 3.8) is 0 Å². The fourth-order valence-electron chi connectivity index (χ4n) is 1.48. The van der Waals surface area contributed by atoms with E-state index in [0.29, 0.717) is 30.1 Å². The number of hydrogen-bond acceptors (Lipinski definition) is 3. The molecule has 0 aliphatic rings. The van der Waals surface area contributed by atoms with Gasteiger partial charge in [-0.1, -0.05) is 6.92 Å². The number of nitrogens with one attached hydrogen (secondary N) is 1. The lowest BCUT2D eigenvalue weighted by molar-refractivity contribution is -0.136. The number of unbranched alkanes of at least 4 members (excludes halogenated alkanes) is 1. The van der Waals surface area contributed by atoms with E-state index in [2.05, 4.69) is 5.32 Å². The fourth-order valence-corrected chi connectivity index (χ4v) is 3.11. The van der Waals surface area contributed by atoms with Crippen LogP contribution in [0, 0.1) is 0 Å². The maximum atomic E-state index is 12.3. The van der Waals surface area contributed by atoms with Crippen LogP contribution in [0.2, 0.25) is 0 Å². The molecule has 0 atom stereocenters. The molecular weight excluding hydrogens is 269 g/mol. The lowest BCUT2D eigenvalue weighted by atomic mass is 10.3. The van der Waals surface area contributed by atoms with Gasteiger partial charge in [0.25, 0.3) is 0 Å². The summed E-state index contributed by atoms with van der Waals surface area (Å²) in [6.07, 6.45) is -3.14. The Hall–Kier alpha value is -0.340. The Morgan fingerprint density at radius 2 is 1.83 bits per heavy atom. The Labute approximate surface area is 107 Å². The second-order valence-corrected chi connectivity index (χ2v) is 6.16. The average molecular weight is 290 g/mol. The van der Waals surface area contributed by atoms with E-state index in [1.165, 1.54) is 0 Å². The van der Waals surface area contributed by atoms with Crippen LogP contribution in [0.3, 0.4) is 0 Å². The molecule has 0 rings (SSSR count). The van der Waals surface area contributed by atoms with E-state index in [1.807, 2.05) is 0 Å². The van der Waals surface area contributed by atoms with Crippen molar-refractivity contribution in [3.8, 4) is 0 Å². The van der Waals surface area contributed by atoms with Gasteiger partial charge < -0.3 is 5.32 Å². The van der Waals surface area contributed by atoms with Gasteiger partial charge in [-0.25, -0.2) is 8.42 Å². The molecule has 1 N–H and O–H groups in total. The molecule has 0 aliphatic heterocycles. The second kappa shape index (κ2) is 7.96. The van der Waals surface area contributed by atoms with Crippen LogP contribution in [0.4, 0.5) is 13.2 Å². The molecule has 4 nitrogen and oxygen atoms in total. The van der Waals surface area contributed by atoms with Crippen LogP contribution in [-0.2, 0) is 10.0 Å². The molecule has 0 aromatic carbocycles. The standard InChI is InChI=1S/C10H21F3N2O2S/c1-3-7-15(9-10(11,12)13)18(16,17)8-5-4-6-14-2/h14H,3-9H2,1-2H3. The molecule has 0 spiro atoms. The Morgan fingerprint density at radius 1 is 1.22 bits per heavy atom. The summed E-state index contributed by atoms with van der Waals surface area (Å²) in [5.74, 6) is -0.231. The zero-order chi connectivity index (χ0) is 14.2. The van der Waals surface area contributed by atoms with E-state index in [-0.39, 0.29) is 12.3 Å². The molecule has 0 aromatic heterocycles. The molecule has 0 heterocycles. The summed E-state index contributed by atoms with van der Waals surface area (Å²) in [7, 11) is -2.07. The summed E-state index contributed by atoms with van der Waals surface area (Å²) >= 11 is 0. The summed E-state index contributed by atoms with van der Waals surface area (Å²) in [6, 6.07) is 0. The molecule has 110 valence electrons. The summed E-state index contributed by atoms with van der Waals surface area (Å²) in [5, 5.41) is 2.86. The third kappa shape index (κ3) is 7.88. The van der Waals surface area contributed by atoms with Crippen molar-refractivity contribution < 1.29 is 21.6 Å². The van der Waals surface area contributed by atoms with Gasteiger partial charge in [-0.3, -0.25) is 0 Å². The van der Waals surface area contributed by atoms with Crippen molar-refractivity contribution in [2.75, 3.05) is 32.4 Å². The molecular formula is C10H21F3N2O2S. The molecule has 0 radical (unpaired) electrons. The van der Waals surface area contributed by atoms with E-state index in [0.717, 1.165) is 0 Å². The third-order valence-corrected chi connectivity index (χ3v) is 4.20. The highest BCUT2D eigenvalue weighted by Gasteiger charge is 2.35. The van der Waals surface area contributed by atoms with Gasteiger partial charge in [0.1, 0.15) is 6.54 Å². The number of halogens is 3. The molecule has 0 aromatic rings. The lowest BCUT2D eigenvalue weighted by Crippen LogP contribution is -2.40. The van der Waals surface area contributed by atoms with Crippen LogP contribution in [0.25, 0.3) is 0 Å². The van der Waals surface area contributed by atoms with Gasteiger partial charge in [0, 0.05) is 6.54 Å². The highest BCUT2D eigenvalue weighted by Crippen LogP contribution is 2.19. The van der Waals surface area contributed by atoms with E-state index in [1.54, 1.807) is 14.0 Å². The largest absolute Gasteiger partial charge is 0.402 e. The van der Waals surface area contributed by atoms with Crippen molar-refractivity contribution in [1.29, 1.82) is 0 Å². The number of rotatable bonds is 9. The summed E-state index contributed by atoms with van der Waals surface area (Å²) in [4.78, 5) is 0. The van der Waals surface area contributed by atoms with Gasteiger partial charge in [0.2, 0.25) is 10.0 Å². The first kappa shape index (κ1) is 17.7. The number of nitrogens with zero attached hydrogens (tertiary/aromatic N) is 1. The fraction of sp³-hybridized carbons (Fsp3) is 1.00. The van der Waals surface area contributed by atoms with E-state index < -0.39 is 22.7 Å². The Balaban J connectivity index is 4.47. The lowest BCUT2D eigenvalue weighted by Gasteiger charge is -2.22. The van der Waals surface area contributed by atoms with Gasteiger partial charge in [-0.15, -0.1) is 0 Å². The smallest absolute Gasteiger partial charge is 0.320 e. The summed E-state index contributed by atoms with van der Waals surface area (Å²) < 4.78 is 60.9. The Kier molecular flexibility index (Phi) is 7.81. The monoisotopic (exact) mass is 290 g/mol. The van der Waals surface area contributed by atoms with Crippen molar-refractivity contribution >= 4 is 10.0 Å². The van der Waals surface area contributed by atoms with Crippen molar-refractivity contribution in [2.45, 2.75) is 32.4 Å². The molecule has 0 saturated heterocycles. The zero-order valence-electron chi connectivity index (χ0n) is 10.8. The van der Waals surface area contributed by atoms with Gasteiger partial charge in [-0.05, 0) is 32.9 Å². The quantitative estimate of drug-likeness (QED) is 0.656. The first-order chi connectivity index (χ1) is 8.23. The van der Waals surface area contributed by atoms with E-state index in [4.69, 9.17) is 0 Å². The zero-order valence-corrected chi connectivity index (χ0v) is 11.6. The molecule has 0 amide bonds. The SMILES string of the molecule is CCCN(CC(F)(F)F)S(=O)(=O)CCCCNC. The van der Waals surface area contributed by atoms with Crippen molar-refractivity contribution in [3.05, 3.63) is 0 Å². The average Bonchev–Trinajstić information content (AvgIpc) is 2.22. The van der Waals surface area contributed by atoms with E-state index >= 15 is 0 Å². The predicted octanol–water partition coefficient (Wildman–Crippen LogP) is 1.59. The molecule has 0 fully saturated rings. The minimum absolute atomic E-state index is 0.0894. The Morgan fingerprint density at radius 3 is 2.28 bits per heavy atom. The van der Waals surface area contributed by atoms with E-state index in [9.17, 15) is 21.6 Å². The summed E-state index contributed by atoms with van der Waals surface area (Å²) in [6.45, 7) is 0.825. The van der Waals surface area contributed by atoms with Crippen LogP contribution in [0.5, 0.6) is 0 Å². The first-order valence-electron chi connectivity index (χ1n) is 5.92. The van der Waals surface area contributed by atoms with Gasteiger partial charge in [0.15, 0.2) is 0 Å². The first-order valence-corrected chi connectivity index (χ1v) is 7.53. The van der Waals surface area contributed by atoms with Crippen LogP contribution in [-0.4, -0.2) is 51.3 Å². The molecule has 0 unspecified atom stereocenters. The third-order valence-electron chi connectivity index (χ3n) is 2.30. The molecule has 18 heavy (non-hydrogen) atoms. The number of hydrogen-bond donors (Lipinski definition) is 1. The van der Waals surface area contributed by atoms with Crippen LogP contribution >= 0.6 is 0 Å². The van der Waals surface area contributed by atoms with Crippen molar-refractivity contribution in [2.24, 2.45) is 0 Å². The molecule has 0 aliphatic carbocycles. The molecule has 8 heteroatoms. The van der Waals surface area contributed by atoms with Gasteiger partial charge >= 0.3 is 6.18 Å². The van der Waals surface area contributed by atoms with Crippen LogP contribution in [0.1, 0.15) is 26.2 Å². The minimum atomic E-state index is -4.49. The summed E-state index contributed by atoms with van der Waals surface area (Å²) in [5.41, 5.74) is 0. The maximum Gasteiger partial charge on any atom is 0.402 e. The maximum absolute atomic E-state index is 12.3. The van der Waals surface area contributed by atoms with Crippen LogP contribution in [0.15, 0.2) is 0 Å². The minimum Gasteiger partial charge on any atom is -0.320 e. The highest BCUT2D eigenvalue weighted by atomic mass is 32.2. The molecule has 0 bridgehead atoms. The highest BCUT2D eigenvalue weighted by molar-refractivity contribution is 7.89. The predicted molar refractivity (Wildman–Crippen MR) is 64.9 cm³/mol. The Bertz CT molecular complexity index is 318. The van der Waals surface area contributed by atoms with Gasteiger partial charge in [0.05, 0.1) is 5.75 Å². The van der Waals surface area contributed by atoms with Gasteiger partial charge in [-0.2, -0.15) is 17.5 Å². The van der Waals surface area contributed by atoms with Crippen molar-refractivity contribution in [1.82, 2.24) is 9.62 Å². The molecule has 0 saturated carbocycles. The number of alkyl halides is 3. The number of sulfonamides is 1. The second-order valence-electron chi connectivity index (χ2n) is 4.08.